The van der Waals surface area contributed by atoms with E-state index in [4.69, 9.17) is 0 Å². The molecule has 0 rings (SSSR count). The molecular weight excluding hydrogens is 152 g/mol. The number of likely N-dealkylation sites (N-methyl/N-ethyl adjacent to an activating group) is 2. The number of rotatable bonds is 4. The summed E-state index contributed by atoms with van der Waals surface area (Å²) < 4.78 is 0. The monoisotopic (exact) mass is 170 g/mol. The molecule has 1 amide bonds. The quantitative estimate of drug-likeness (QED) is 0.576. The van der Waals surface area contributed by atoms with Gasteiger partial charge in [-0.1, -0.05) is 6.08 Å². The maximum absolute atomic E-state index is 11.2. The van der Waals surface area contributed by atoms with Gasteiger partial charge in [-0.15, -0.1) is 0 Å². The molecule has 0 aromatic carbocycles. The van der Waals surface area contributed by atoms with E-state index in [-0.39, 0.29) is 5.91 Å². The summed E-state index contributed by atoms with van der Waals surface area (Å²) in [5, 5.41) is 0. The number of carbonyl (C=O) groups excluding carboxylic acids is 1. The van der Waals surface area contributed by atoms with Crippen LogP contribution >= 0.6 is 0 Å². The van der Waals surface area contributed by atoms with Crippen molar-refractivity contribution in [3.05, 3.63) is 12.2 Å². The van der Waals surface area contributed by atoms with Crippen molar-refractivity contribution in [2.75, 3.05) is 34.2 Å². The predicted octanol–water partition coefficient (Wildman–Crippen LogP) is 0.583. The molecule has 0 aliphatic heterocycles. The van der Waals surface area contributed by atoms with Crippen LogP contribution in [0.15, 0.2) is 12.2 Å². The van der Waals surface area contributed by atoms with Gasteiger partial charge in [0, 0.05) is 26.2 Å². The summed E-state index contributed by atoms with van der Waals surface area (Å²) >= 11 is 0. The molecule has 0 aliphatic carbocycles. The maximum Gasteiger partial charge on any atom is 0.246 e. The van der Waals surface area contributed by atoms with E-state index in [0.717, 1.165) is 13.1 Å². The van der Waals surface area contributed by atoms with Gasteiger partial charge in [0.05, 0.1) is 0 Å². The number of carbonyl (C=O) groups is 1. The highest BCUT2D eigenvalue weighted by Crippen LogP contribution is 1.86. The Hall–Kier alpha value is -0.830. The molecule has 12 heavy (non-hydrogen) atoms. The minimum absolute atomic E-state index is 0.0688. The first-order chi connectivity index (χ1) is 5.57. The first-order valence-corrected chi connectivity index (χ1v) is 4.14. The number of amides is 1. The lowest BCUT2D eigenvalue weighted by Gasteiger charge is -2.11. The Morgan fingerprint density at radius 3 is 2.33 bits per heavy atom. The molecule has 0 saturated heterocycles. The fourth-order valence-corrected chi connectivity index (χ4v) is 0.647. The van der Waals surface area contributed by atoms with Crippen LogP contribution in [0.3, 0.4) is 0 Å². The standard InChI is InChI=1S/C9H18N2O/c1-5-11(4)9(12)7-6-8-10(2)3/h6-7H,5,8H2,1-4H3. The lowest BCUT2D eigenvalue weighted by atomic mass is 10.4. The van der Waals surface area contributed by atoms with Gasteiger partial charge in [0.1, 0.15) is 0 Å². The van der Waals surface area contributed by atoms with E-state index >= 15 is 0 Å². The van der Waals surface area contributed by atoms with E-state index in [1.54, 1.807) is 18.0 Å². The van der Waals surface area contributed by atoms with Crippen molar-refractivity contribution < 1.29 is 4.79 Å². The summed E-state index contributed by atoms with van der Waals surface area (Å²) in [4.78, 5) is 14.9. The zero-order chi connectivity index (χ0) is 9.56. The van der Waals surface area contributed by atoms with E-state index < -0.39 is 0 Å². The van der Waals surface area contributed by atoms with Gasteiger partial charge in [0.15, 0.2) is 0 Å². The van der Waals surface area contributed by atoms with Gasteiger partial charge in [0.25, 0.3) is 0 Å². The number of hydrogen-bond donors (Lipinski definition) is 0. The zero-order valence-corrected chi connectivity index (χ0v) is 8.37. The maximum atomic E-state index is 11.2. The number of nitrogens with zero attached hydrogens (tertiary/aromatic N) is 2. The third-order valence-electron chi connectivity index (χ3n) is 1.58. The van der Waals surface area contributed by atoms with E-state index in [1.807, 2.05) is 32.0 Å². The van der Waals surface area contributed by atoms with Crippen LogP contribution in [0.5, 0.6) is 0 Å². The van der Waals surface area contributed by atoms with Gasteiger partial charge >= 0.3 is 0 Å². The highest BCUT2D eigenvalue weighted by atomic mass is 16.2. The summed E-state index contributed by atoms with van der Waals surface area (Å²) in [5.74, 6) is 0.0688. The van der Waals surface area contributed by atoms with Crippen molar-refractivity contribution >= 4 is 5.91 Å². The van der Waals surface area contributed by atoms with Crippen LogP contribution < -0.4 is 0 Å². The minimum atomic E-state index is 0.0688. The Kier molecular flexibility index (Phi) is 5.37. The van der Waals surface area contributed by atoms with E-state index in [9.17, 15) is 4.79 Å². The third kappa shape index (κ3) is 4.91. The summed E-state index contributed by atoms with van der Waals surface area (Å²) in [7, 11) is 5.74. The van der Waals surface area contributed by atoms with Gasteiger partial charge in [-0.05, 0) is 21.0 Å². The highest BCUT2D eigenvalue weighted by molar-refractivity contribution is 5.87. The third-order valence-corrected chi connectivity index (χ3v) is 1.58. The van der Waals surface area contributed by atoms with Crippen LogP contribution in [0.4, 0.5) is 0 Å². The molecule has 3 heteroatoms. The van der Waals surface area contributed by atoms with Crippen molar-refractivity contribution in [1.29, 1.82) is 0 Å². The van der Waals surface area contributed by atoms with Crippen LogP contribution in [0.25, 0.3) is 0 Å². The van der Waals surface area contributed by atoms with Crippen molar-refractivity contribution in [1.82, 2.24) is 9.80 Å². The Morgan fingerprint density at radius 1 is 1.33 bits per heavy atom. The molecule has 0 N–H and O–H groups in total. The molecule has 0 atom stereocenters. The SMILES string of the molecule is CCN(C)C(=O)C=CCN(C)C. The highest BCUT2D eigenvalue weighted by Gasteiger charge is 1.99. The lowest BCUT2D eigenvalue weighted by molar-refractivity contribution is -0.124. The molecule has 0 unspecified atom stereocenters. The Bertz CT molecular complexity index is 164. The Morgan fingerprint density at radius 2 is 1.92 bits per heavy atom. The molecule has 0 saturated carbocycles. The molecule has 3 nitrogen and oxygen atoms in total. The molecule has 0 fully saturated rings. The Balaban J connectivity index is 3.75. The van der Waals surface area contributed by atoms with Gasteiger partial charge in [-0.2, -0.15) is 0 Å². The van der Waals surface area contributed by atoms with Crippen molar-refractivity contribution in [3.63, 3.8) is 0 Å². The molecule has 0 radical (unpaired) electrons. The average Bonchev–Trinajstić information content (AvgIpc) is 2.02. The van der Waals surface area contributed by atoms with E-state index in [2.05, 4.69) is 0 Å². The molecule has 0 heterocycles. The summed E-state index contributed by atoms with van der Waals surface area (Å²) in [6.07, 6.45) is 3.48. The average molecular weight is 170 g/mol. The molecular formula is C9H18N2O. The van der Waals surface area contributed by atoms with Crippen LogP contribution in [0, 0.1) is 0 Å². The van der Waals surface area contributed by atoms with Crippen LogP contribution in [-0.2, 0) is 4.79 Å². The molecule has 0 spiro atoms. The van der Waals surface area contributed by atoms with Gasteiger partial charge in [0.2, 0.25) is 5.91 Å². The van der Waals surface area contributed by atoms with E-state index in [0.29, 0.717) is 0 Å². The van der Waals surface area contributed by atoms with Crippen LogP contribution in [-0.4, -0.2) is 49.9 Å². The Labute approximate surface area is 74.7 Å². The molecule has 0 aromatic rings. The second-order valence-corrected chi connectivity index (χ2v) is 3.02. The van der Waals surface area contributed by atoms with Crippen molar-refractivity contribution in [3.8, 4) is 0 Å². The summed E-state index contributed by atoms with van der Waals surface area (Å²) in [6.45, 7) is 3.52. The first kappa shape index (κ1) is 11.2. The second kappa shape index (κ2) is 5.77. The van der Waals surface area contributed by atoms with Gasteiger partial charge < -0.3 is 9.80 Å². The van der Waals surface area contributed by atoms with Crippen LogP contribution in [0.2, 0.25) is 0 Å². The fraction of sp³-hybridized carbons (Fsp3) is 0.667. The molecule has 0 aromatic heterocycles. The largest absolute Gasteiger partial charge is 0.343 e. The number of hydrogen-bond acceptors (Lipinski definition) is 2. The topological polar surface area (TPSA) is 23.6 Å². The molecule has 70 valence electrons. The lowest BCUT2D eigenvalue weighted by Crippen LogP contribution is -2.24. The predicted molar refractivity (Wildman–Crippen MR) is 51.0 cm³/mol. The van der Waals surface area contributed by atoms with Crippen molar-refractivity contribution in [2.24, 2.45) is 0 Å². The van der Waals surface area contributed by atoms with Gasteiger partial charge in [-0.3, -0.25) is 4.79 Å². The summed E-state index contributed by atoms with van der Waals surface area (Å²) in [6, 6.07) is 0. The molecule has 0 bridgehead atoms. The fourth-order valence-electron chi connectivity index (χ4n) is 0.647. The van der Waals surface area contributed by atoms with Crippen LogP contribution in [0.1, 0.15) is 6.92 Å². The first-order valence-electron chi connectivity index (χ1n) is 4.14. The summed E-state index contributed by atoms with van der Waals surface area (Å²) in [5.41, 5.74) is 0. The molecule has 0 aliphatic rings. The normalized spacial score (nSPS) is 11.1. The van der Waals surface area contributed by atoms with Gasteiger partial charge in [-0.25, -0.2) is 0 Å². The zero-order valence-electron chi connectivity index (χ0n) is 8.37. The van der Waals surface area contributed by atoms with E-state index in [1.165, 1.54) is 0 Å². The minimum Gasteiger partial charge on any atom is -0.343 e. The smallest absolute Gasteiger partial charge is 0.246 e. The van der Waals surface area contributed by atoms with Crippen molar-refractivity contribution in [2.45, 2.75) is 6.92 Å². The second-order valence-electron chi connectivity index (χ2n) is 3.02.